The molecule has 3 aromatic rings. The summed E-state index contributed by atoms with van der Waals surface area (Å²) in [6, 6.07) is 7.62. The number of nitrogens with zero attached hydrogens (tertiary/aromatic N) is 4. The lowest BCUT2D eigenvalue weighted by molar-refractivity contribution is -0.0136. The number of pyridine rings is 1. The van der Waals surface area contributed by atoms with Crippen LogP contribution < -0.4 is 10.7 Å². The Morgan fingerprint density at radius 2 is 2.11 bits per heavy atom. The highest BCUT2D eigenvalue weighted by atomic mass is 19.1. The molecule has 0 spiro atoms. The second-order valence-corrected chi connectivity index (χ2v) is 10.7. The SMILES string of the molecule is CC(C)n1c(CN2CC3CC2C3)cc(=O)c2ccc(-c3nc(N[C@@H]4CCOC[C@H]4O)ncc3F)cc21. The second-order valence-electron chi connectivity index (χ2n) is 10.7. The Kier molecular flexibility index (Phi) is 6.02. The number of ether oxygens (including phenoxy) is 1. The molecular weight excluding hydrogens is 461 g/mol. The van der Waals surface area contributed by atoms with Crippen molar-refractivity contribution in [2.45, 2.75) is 63.9 Å². The van der Waals surface area contributed by atoms with E-state index >= 15 is 0 Å². The number of aromatic nitrogens is 3. The first-order valence-corrected chi connectivity index (χ1v) is 12.8. The van der Waals surface area contributed by atoms with E-state index in [-0.39, 0.29) is 35.8 Å². The highest BCUT2D eigenvalue weighted by Crippen LogP contribution is 2.41. The van der Waals surface area contributed by atoms with Gasteiger partial charge in [-0.15, -0.1) is 0 Å². The van der Waals surface area contributed by atoms with E-state index in [2.05, 4.69) is 38.6 Å². The van der Waals surface area contributed by atoms with Crippen LogP contribution >= 0.6 is 0 Å². The van der Waals surface area contributed by atoms with Crippen LogP contribution in [0.15, 0.2) is 35.3 Å². The van der Waals surface area contributed by atoms with Gasteiger partial charge in [-0.1, -0.05) is 6.07 Å². The van der Waals surface area contributed by atoms with E-state index in [9.17, 15) is 14.3 Å². The molecule has 5 heterocycles. The second kappa shape index (κ2) is 9.21. The van der Waals surface area contributed by atoms with Gasteiger partial charge in [0.1, 0.15) is 5.69 Å². The van der Waals surface area contributed by atoms with E-state index in [0.29, 0.717) is 30.0 Å². The van der Waals surface area contributed by atoms with Gasteiger partial charge in [-0.3, -0.25) is 9.69 Å². The van der Waals surface area contributed by atoms with Gasteiger partial charge in [-0.05, 0) is 51.2 Å². The monoisotopic (exact) mass is 493 g/mol. The van der Waals surface area contributed by atoms with Crippen LogP contribution in [0.5, 0.6) is 0 Å². The molecule has 4 fully saturated rings. The summed E-state index contributed by atoms with van der Waals surface area (Å²) in [7, 11) is 0. The summed E-state index contributed by atoms with van der Waals surface area (Å²) in [6.45, 7) is 6.83. The Hall–Kier alpha value is -2.88. The van der Waals surface area contributed by atoms with Gasteiger partial charge in [0, 0.05) is 54.5 Å². The molecule has 7 rings (SSSR count). The molecule has 3 saturated heterocycles. The molecule has 3 aliphatic heterocycles. The Labute approximate surface area is 209 Å². The maximum Gasteiger partial charge on any atom is 0.223 e. The molecule has 9 heteroatoms. The number of anilines is 1. The predicted molar refractivity (Wildman–Crippen MR) is 135 cm³/mol. The third-order valence-electron chi connectivity index (χ3n) is 7.89. The summed E-state index contributed by atoms with van der Waals surface area (Å²) < 4.78 is 22.4. The van der Waals surface area contributed by atoms with Gasteiger partial charge in [-0.2, -0.15) is 0 Å². The van der Waals surface area contributed by atoms with Crippen molar-refractivity contribution in [3.63, 3.8) is 0 Å². The number of hydrogen-bond donors (Lipinski definition) is 2. The van der Waals surface area contributed by atoms with Crippen molar-refractivity contribution in [2.75, 3.05) is 25.1 Å². The maximum absolute atomic E-state index is 14.9. The van der Waals surface area contributed by atoms with Gasteiger partial charge in [0.2, 0.25) is 5.95 Å². The number of fused-ring (bicyclic) bond motifs is 2. The van der Waals surface area contributed by atoms with Gasteiger partial charge < -0.3 is 19.7 Å². The summed E-state index contributed by atoms with van der Waals surface area (Å²) in [6.07, 6.45) is 3.59. The summed E-state index contributed by atoms with van der Waals surface area (Å²) in [4.78, 5) is 24.1. The molecule has 1 aromatic carbocycles. The van der Waals surface area contributed by atoms with Crippen molar-refractivity contribution in [1.29, 1.82) is 0 Å². The fraction of sp³-hybridized carbons (Fsp3) is 0.519. The fourth-order valence-electron chi connectivity index (χ4n) is 6.00. The van der Waals surface area contributed by atoms with Crippen molar-refractivity contribution in [1.82, 2.24) is 19.4 Å². The van der Waals surface area contributed by atoms with E-state index in [1.165, 1.54) is 12.8 Å². The first-order valence-electron chi connectivity index (χ1n) is 12.8. The maximum atomic E-state index is 14.9. The standard InChI is InChI=1S/C27H32FN5O3/c1-15(2)33-19(13-32-12-16-7-18(32)8-16)10-24(34)20-4-3-17(9-23(20)33)26-21(28)11-29-27(31-26)30-22-5-6-36-14-25(22)35/h3-4,9-11,15-16,18,22,25,35H,5-8,12-14H2,1-2H3,(H,29,30,31)/t16?,18?,22-,25-/m1/s1. The average molecular weight is 494 g/mol. The molecule has 0 unspecified atom stereocenters. The minimum absolute atomic E-state index is 0.0194. The van der Waals surface area contributed by atoms with Crippen molar-refractivity contribution in [2.24, 2.45) is 5.92 Å². The third kappa shape index (κ3) is 4.19. The number of benzene rings is 1. The zero-order valence-electron chi connectivity index (χ0n) is 20.7. The lowest BCUT2D eigenvalue weighted by atomic mass is 9.86. The van der Waals surface area contributed by atoms with E-state index in [1.807, 2.05) is 6.07 Å². The highest BCUT2D eigenvalue weighted by Gasteiger charge is 2.42. The van der Waals surface area contributed by atoms with Gasteiger partial charge >= 0.3 is 0 Å². The number of hydrogen-bond acceptors (Lipinski definition) is 7. The molecule has 1 aliphatic carbocycles. The van der Waals surface area contributed by atoms with Crippen molar-refractivity contribution < 1.29 is 14.2 Å². The van der Waals surface area contributed by atoms with Crippen molar-refractivity contribution in [3.05, 3.63) is 52.2 Å². The van der Waals surface area contributed by atoms with E-state index in [4.69, 9.17) is 4.74 Å². The quantitative estimate of drug-likeness (QED) is 0.544. The molecule has 1 saturated carbocycles. The molecule has 2 aromatic heterocycles. The van der Waals surface area contributed by atoms with Gasteiger partial charge in [0.15, 0.2) is 11.2 Å². The van der Waals surface area contributed by atoms with Crippen LogP contribution in [0.1, 0.15) is 44.8 Å². The minimum atomic E-state index is -0.683. The van der Waals surface area contributed by atoms with E-state index in [0.717, 1.165) is 36.4 Å². The molecule has 2 N–H and O–H groups in total. The van der Waals surface area contributed by atoms with Crippen LogP contribution in [0.2, 0.25) is 0 Å². The number of aliphatic hydroxyl groups excluding tert-OH is 1. The van der Waals surface area contributed by atoms with Gasteiger partial charge in [0.05, 0.1) is 30.5 Å². The Bertz CT molecular complexity index is 1350. The topological polar surface area (TPSA) is 92.5 Å². The van der Waals surface area contributed by atoms with Gasteiger partial charge in [-0.25, -0.2) is 14.4 Å². The average Bonchev–Trinajstić information content (AvgIpc) is 3.41. The molecule has 36 heavy (non-hydrogen) atoms. The number of rotatable bonds is 6. The van der Waals surface area contributed by atoms with Gasteiger partial charge in [0.25, 0.3) is 0 Å². The smallest absolute Gasteiger partial charge is 0.223 e. The molecule has 190 valence electrons. The van der Waals surface area contributed by atoms with E-state index in [1.54, 1.807) is 18.2 Å². The minimum Gasteiger partial charge on any atom is -0.389 e. The molecule has 2 bridgehead atoms. The molecule has 8 nitrogen and oxygen atoms in total. The third-order valence-corrected chi connectivity index (χ3v) is 7.89. The first-order chi connectivity index (χ1) is 17.4. The van der Waals surface area contributed by atoms with Crippen LogP contribution in [0.3, 0.4) is 0 Å². The molecule has 0 amide bonds. The summed E-state index contributed by atoms with van der Waals surface area (Å²) in [5.74, 6) is 0.506. The lowest BCUT2D eigenvalue weighted by Crippen LogP contribution is -2.42. The summed E-state index contributed by atoms with van der Waals surface area (Å²) in [5.41, 5.74) is 2.49. The Morgan fingerprint density at radius 1 is 1.28 bits per heavy atom. The summed E-state index contributed by atoms with van der Waals surface area (Å²) in [5, 5.41) is 13.9. The van der Waals surface area contributed by atoms with E-state index < -0.39 is 11.9 Å². The van der Waals surface area contributed by atoms with Crippen LogP contribution in [-0.2, 0) is 11.3 Å². The fourth-order valence-corrected chi connectivity index (χ4v) is 6.00. The normalized spacial score (nSPS) is 25.9. The highest BCUT2D eigenvalue weighted by molar-refractivity contribution is 5.84. The zero-order valence-corrected chi connectivity index (χ0v) is 20.7. The number of halogens is 1. The molecule has 2 atom stereocenters. The largest absolute Gasteiger partial charge is 0.389 e. The van der Waals surface area contributed by atoms with Crippen LogP contribution in [0.4, 0.5) is 10.3 Å². The number of nitrogens with one attached hydrogen (secondary N) is 1. The Balaban J connectivity index is 1.39. The number of aliphatic hydroxyl groups is 1. The summed E-state index contributed by atoms with van der Waals surface area (Å²) >= 11 is 0. The predicted octanol–water partition coefficient (Wildman–Crippen LogP) is 3.33. The van der Waals surface area contributed by atoms with Crippen molar-refractivity contribution in [3.8, 4) is 11.3 Å². The van der Waals surface area contributed by atoms with Crippen LogP contribution in [0, 0.1) is 11.7 Å². The lowest BCUT2D eigenvalue weighted by Gasteiger charge is -2.28. The molecular formula is C27H32FN5O3. The molecule has 4 aliphatic rings. The molecule has 0 radical (unpaired) electrons. The van der Waals surface area contributed by atoms with Crippen molar-refractivity contribution >= 4 is 16.9 Å². The zero-order chi connectivity index (χ0) is 25.0. The van der Waals surface area contributed by atoms with Crippen LogP contribution in [-0.4, -0.2) is 62.5 Å². The Morgan fingerprint density at radius 3 is 2.83 bits per heavy atom. The van der Waals surface area contributed by atoms with Crippen LogP contribution in [0.25, 0.3) is 22.2 Å². The first kappa shape index (κ1) is 23.5.